The minimum atomic E-state index is -0.226. The number of nitrogens with zero attached hydrogens (tertiary/aromatic N) is 3. The summed E-state index contributed by atoms with van der Waals surface area (Å²) in [5.41, 5.74) is 1.59. The second-order valence-corrected chi connectivity index (χ2v) is 7.86. The maximum absolute atomic E-state index is 13.0. The fourth-order valence-corrected chi connectivity index (χ4v) is 3.58. The number of nitrogens with one attached hydrogen (secondary N) is 1. The Morgan fingerprint density at radius 2 is 1.93 bits per heavy atom. The molecular weight excluding hydrogens is 427 g/mol. The molecule has 1 fully saturated rings. The van der Waals surface area contributed by atoms with Crippen molar-refractivity contribution in [3.8, 4) is 17.1 Å². The summed E-state index contributed by atoms with van der Waals surface area (Å²) in [5.74, 6) is 1.13. The number of hydrogen-bond acceptors (Lipinski definition) is 5. The molecule has 9 heteroatoms. The van der Waals surface area contributed by atoms with Gasteiger partial charge in [-0.3, -0.25) is 9.69 Å². The summed E-state index contributed by atoms with van der Waals surface area (Å²) in [6, 6.07) is 10.5. The van der Waals surface area contributed by atoms with E-state index in [2.05, 4.69) is 15.3 Å². The molecule has 3 aromatic rings. The first kappa shape index (κ1) is 20.9. The predicted octanol–water partition coefficient (Wildman–Crippen LogP) is 3.81. The van der Waals surface area contributed by atoms with Gasteiger partial charge in [0.1, 0.15) is 17.1 Å². The molecule has 4 rings (SSSR count). The summed E-state index contributed by atoms with van der Waals surface area (Å²) in [6.07, 6.45) is 0. The van der Waals surface area contributed by atoms with Crippen LogP contribution in [0.1, 0.15) is 16.2 Å². The first-order valence-corrected chi connectivity index (χ1v) is 10.5. The molecule has 1 N–H and O–H groups in total. The number of amides is 1. The highest BCUT2D eigenvalue weighted by molar-refractivity contribution is 6.42. The van der Waals surface area contributed by atoms with Gasteiger partial charge in [0.25, 0.3) is 5.91 Å². The van der Waals surface area contributed by atoms with Gasteiger partial charge in [-0.15, -0.1) is 0 Å². The molecule has 0 unspecified atom stereocenters. The van der Waals surface area contributed by atoms with Gasteiger partial charge in [-0.05, 0) is 37.3 Å². The average molecular weight is 449 g/mol. The Morgan fingerprint density at radius 3 is 2.63 bits per heavy atom. The second kappa shape index (κ2) is 9.22. The molecule has 0 aliphatic carbocycles. The van der Waals surface area contributed by atoms with Crippen LogP contribution in [0.4, 0.5) is 0 Å². The predicted molar refractivity (Wildman–Crippen MR) is 116 cm³/mol. The molecule has 0 saturated carbocycles. The van der Waals surface area contributed by atoms with Gasteiger partial charge < -0.3 is 14.5 Å². The van der Waals surface area contributed by atoms with Crippen LogP contribution in [-0.4, -0.2) is 60.0 Å². The number of rotatable bonds is 6. The third-order valence-electron chi connectivity index (χ3n) is 4.90. The molecule has 0 radical (unpaired) electrons. The highest BCUT2D eigenvalue weighted by Crippen LogP contribution is 2.27. The molecule has 158 valence electrons. The summed E-state index contributed by atoms with van der Waals surface area (Å²) in [5, 5.41) is 8.39. The maximum Gasteiger partial charge on any atom is 0.270 e. The molecule has 7 nitrogen and oxygen atoms in total. The van der Waals surface area contributed by atoms with Crippen LogP contribution in [0, 0.1) is 6.92 Å². The van der Waals surface area contributed by atoms with Crippen molar-refractivity contribution in [1.29, 1.82) is 0 Å². The van der Waals surface area contributed by atoms with Gasteiger partial charge >= 0.3 is 0 Å². The zero-order valence-electron chi connectivity index (χ0n) is 16.5. The van der Waals surface area contributed by atoms with Gasteiger partial charge in [-0.2, -0.15) is 5.10 Å². The quantitative estimate of drug-likeness (QED) is 0.620. The lowest BCUT2D eigenvalue weighted by Gasteiger charge is -2.26. The molecular formula is C21H22Cl2N4O3. The molecule has 3 heterocycles. The van der Waals surface area contributed by atoms with Crippen molar-refractivity contribution in [3.05, 3.63) is 57.9 Å². The number of furan rings is 1. The molecule has 0 atom stereocenters. The number of ether oxygens (including phenoxy) is 1. The SMILES string of the molecule is Cc1ccc(-c2cc(C(=O)NCCN3CCOCC3)n(-c3ccc(Cl)c(Cl)c3)n2)o1. The Balaban J connectivity index is 1.58. The van der Waals surface area contributed by atoms with Crippen molar-refractivity contribution >= 4 is 29.1 Å². The number of carbonyl (C=O) groups is 1. The molecule has 0 spiro atoms. The maximum atomic E-state index is 13.0. The number of morpholine rings is 1. The van der Waals surface area contributed by atoms with Crippen molar-refractivity contribution in [2.75, 3.05) is 39.4 Å². The normalized spacial score (nSPS) is 14.8. The number of aryl methyl sites for hydroxylation is 1. The van der Waals surface area contributed by atoms with Crippen molar-refractivity contribution in [2.24, 2.45) is 0 Å². The fourth-order valence-electron chi connectivity index (χ4n) is 3.29. The third kappa shape index (κ3) is 4.70. The standard InChI is InChI=1S/C21H22Cl2N4O3/c1-14-2-5-20(30-14)18-13-19(21(28)24-6-7-26-8-10-29-11-9-26)27(25-18)15-3-4-16(22)17(23)12-15/h2-5,12-13H,6-11H2,1H3,(H,24,28). The lowest BCUT2D eigenvalue weighted by Crippen LogP contribution is -2.41. The van der Waals surface area contributed by atoms with Crippen LogP contribution in [-0.2, 0) is 4.74 Å². The number of benzene rings is 1. The molecule has 1 amide bonds. The van der Waals surface area contributed by atoms with E-state index in [0.29, 0.717) is 39.4 Å². The Bertz CT molecular complexity index is 1040. The van der Waals surface area contributed by atoms with E-state index in [1.165, 1.54) is 0 Å². The topological polar surface area (TPSA) is 72.5 Å². The fraction of sp³-hybridized carbons (Fsp3) is 0.333. The highest BCUT2D eigenvalue weighted by atomic mass is 35.5. The van der Waals surface area contributed by atoms with Gasteiger partial charge in [0.2, 0.25) is 0 Å². The number of aromatic nitrogens is 2. The minimum absolute atomic E-state index is 0.226. The summed E-state index contributed by atoms with van der Waals surface area (Å²) in [6.45, 7) is 6.35. The summed E-state index contributed by atoms with van der Waals surface area (Å²) in [7, 11) is 0. The van der Waals surface area contributed by atoms with Gasteiger partial charge in [0, 0.05) is 32.2 Å². The van der Waals surface area contributed by atoms with E-state index >= 15 is 0 Å². The molecule has 1 saturated heterocycles. The lowest BCUT2D eigenvalue weighted by molar-refractivity contribution is 0.0383. The summed E-state index contributed by atoms with van der Waals surface area (Å²) < 4.78 is 12.6. The molecule has 2 aromatic heterocycles. The van der Waals surface area contributed by atoms with Gasteiger partial charge in [0.05, 0.1) is 28.9 Å². The van der Waals surface area contributed by atoms with Crippen LogP contribution >= 0.6 is 23.2 Å². The van der Waals surface area contributed by atoms with Crippen LogP contribution in [0.15, 0.2) is 40.8 Å². The number of halogens is 2. The lowest BCUT2D eigenvalue weighted by atomic mass is 10.2. The van der Waals surface area contributed by atoms with Crippen LogP contribution < -0.4 is 5.32 Å². The molecule has 1 aliphatic rings. The van der Waals surface area contributed by atoms with Crippen molar-refractivity contribution < 1.29 is 13.9 Å². The van der Waals surface area contributed by atoms with Gasteiger partial charge in [-0.25, -0.2) is 4.68 Å². The Labute approximate surface area is 184 Å². The largest absolute Gasteiger partial charge is 0.460 e. The van der Waals surface area contributed by atoms with E-state index in [-0.39, 0.29) is 5.91 Å². The number of hydrogen-bond donors (Lipinski definition) is 1. The van der Waals surface area contributed by atoms with Gasteiger partial charge in [-0.1, -0.05) is 23.2 Å². The van der Waals surface area contributed by atoms with Gasteiger partial charge in [0.15, 0.2) is 5.76 Å². The Hall–Kier alpha value is -2.32. The Kier molecular flexibility index (Phi) is 6.43. The minimum Gasteiger partial charge on any atom is -0.460 e. The van der Waals surface area contributed by atoms with E-state index in [1.807, 2.05) is 19.1 Å². The van der Waals surface area contributed by atoms with E-state index in [0.717, 1.165) is 38.6 Å². The highest BCUT2D eigenvalue weighted by Gasteiger charge is 2.20. The van der Waals surface area contributed by atoms with Crippen molar-refractivity contribution in [2.45, 2.75) is 6.92 Å². The molecule has 1 aromatic carbocycles. The zero-order valence-corrected chi connectivity index (χ0v) is 18.0. The first-order valence-electron chi connectivity index (χ1n) is 9.72. The zero-order chi connectivity index (χ0) is 21.1. The third-order valence-corrected chi connectivity index (χ3v) is 5.64. The average Bonchev–Trinajstić information content (AvgIpc) is 3.37. The Morgan fingerprint density at radius 1 is 1.13 bits per heavy atom. The molecule has 0 bridgehead atoms. The van der Waals surface area contributed by atoms with Crippen LogP contribution in [0.3, 0.4) is 0 Å². The summed E-state index contributed by atoms with van der Waals surface area (Å²) >= 11 is 12.2. The summed E-state index contributed by atoms with van der Waals surface area (Å²) in [4.78, 5) is 15.2. The van der Waals surface area contributed by atoms with Crippen LogP contribution in [0.25, 0.3) is 17.1 Å². The monoisotopic (exact) mass is 448 g/mol. The van der Waals surface area contributed by atoms with Crippen molar-refractivity contribution in [3.63, 3.8) is 0 Å². The van der Waals surface area contributed by atoms with Crippen LogP contribution in [0.5, 0.6) is 0 Å². The molecule has 30 heavy (non-hydrogen) atoms. The second-order valence-electron chi connectivity index (χ2n) is 7.05. The van der Waals surface area contributed by atoms with Crippen LogP contribution in [0.2, 0.25) is 10.0 Å². The van der Waals surface area contributed by atoms with E-state index in [4.69, 9.17) is 32.4 Å². The first-order chi connectivity index (χ1) is 14.5. The van der Waals surface area contributed by atoms with E-state index in [9.17, 15) is 4.79 Å². The smallest absolute Gasteiger partial charge is 0.270 e. The number of carbonyl (C=O) groups excluding carboxylic acids is 1. The van der Waals surface area contributed by atoms with E-state index < -0.39 is 0 Å². The van der Waals surface area contributed by atoms with Crippen molar-refractivity contribution in [1.82, 2.24) is 20.0 Å². The molecule has 1 aliphatic heterocycles. The van der Waals surface area contributed by atoms with E-state index in [1.54, 1.807) is 28.9 Å².